The van der Waals surface area contributed by atoms with Crippen molar-refractivity contribution in [2.75, 3.05) is 19.5 Å². The van der Waals surface area contributed by atoms with Crippen molar-refractivity contribution in [3.8, 4) is 23.0 Å². The monoisotopic (exact) mass is 474 g/mol. The van der Waals surface area contributed by atoms with Crippen LogP contribution in [0.5, 0.6) is 23.0 Å². The summed E-state index contributed by atoms with van der Waals surface area (Å²) in [6, 6.07) is 18.4. The first-order valence-electron chi connectivity index (χ1n) is 10.6. The van der Waals surface area contributed by atoms with Gasteiger partial charge in [-0.1, -0.05) is 30.3 Å². The zero-order chi connectivity index (χ0) is 24.8. The van der Waals surface area contributed by atoms with Crippen LogP contribution in [0, 0.1) is 11.2 Å². The first-order chi connectivity index (χ1) is 17.0. The van der Waals surface area contributed by atoms with E-state index >= 15 is 0 Å². The van der Waals surface area contributed by atoms with Crippen molar-refractivity contribution >= 4 is 28.5 Å². The maximum absolute atomic E-state index is 14.8. The van der Waals surface area contributed by atoms with Crippen LogP contribution in [-0.4, -0.2) is 31.1 Å². The van der Waals surface area contributed by atoms with Gasteiger partial charge in [-0.2, -0.15) is 0 Å². The lowest BCUT2D eigenvalue weighted by atomic mass is 10.1. The van der Waals surface area contributed by atoms with E-state index in [1.54, 1.807) is 30.5 Å². The minimum absolute atomic E-state index is 0.0162. The van der Waals surface area contributed by atoms with Crippen LogP contribution < -0.4 is 24.8 Å². The Bertz CT molecular complexity index is 1380. The standard InChI is InChI=1S/C26H23FN4O4/c1-33-23-14-18-20(15-24(23)34-2)29-11-10-21(18)35-22-9-8-17(13-19(22)27)30-26(28)31-25(32)12-16-6-4-3-5-7-16/h3-11,13-15H,12H2,1-2H3,(H3,28,30,31,32). The van der Waals surface area contributed by atoms with Crippen molar-refractivity contribution in [3.05, 3.63) is 84.3 Å². The summed E-state index contributed by atoms with van der Waals surface area (Å²) in [5, 5.41) is 13.7. The Labute approximate surface area is 201 Å². The number of amides is 1. The third kappa shape index (κ3) is 5.64. The lowest BCUT2D eigenvalue weighted by molar-refractivity contribution is -0.119. The summed E-state index contributed by atoms with van der Waals surface area (Å²) in [7, 11) is 3.05. The second kappa shape index (κ2) is 10.5. The minimum Gasteiger partial charge on any atom is -0.493 e. The molecule has 0 unspecified atom stereocenters. The molecule has 0 atom stereocenters. The lowest BCUT2D eigenvalue weighted by Gasteiger charge is -2.14. The summed E-state index contributed by atoms with van der Waals surface area (Å²) in [4.78, 5) is 16.4. The summed E-state index contributed by atoms with van der Waals surface area (Å²) >= 11 is 0. The van der Waals surface area contributed by atoms with Gasteiger partial charge in [0.1, 0.15) is 5.75 Å². The van der Waals surface area contributed by atoms with Gasteiger partial charge in [0.05, 0.1) is 26.2 Å². The second-order valence-electron chi connectivity index (χ2n) is 7.49. The number of methoxy groups -OCH3 is 2. The summed E-state index contributed by atoms with van der Waals surface area (Å²) in [5.74, 6) is 0.110. The number of nitrogens with zero attached hydrogens (tertiary/aromatic N) is 1. The molecule has 3 N–H and O–H groups in total. The fraction of sp³-hybridized carbons (Fsp3) is 0.115. The van der Waals surface area contributed by atoms with Crippen LogP contribution in [0.2, 0.25) is 0 Å². The van der Waals surface area contributed by atoms with Crippen LogP contribution in [0.4, 0.5) is 10.1 Å². The molecular weight excluding hydrogens is 451 g/mol. The van der Waals surface area contributed by atoms with Gasteiger partial charge in [-0.25, -0.2) is 4.39 Å². The number of aromatic nitrogens is 1. The number of fused-ring (bicyclic) bond motifs is 1. The molecule has 0 aliphatic carbocycles. The maximum Gasteiger partial charge on any atom is 0.231 e. The van der Waals surface area contributed by atoms with E-state index in [2.05, 4.69) is 15.6 Å². The number of nitrogens with one attached hydrogen (secondary N) is 3. The number of hydrogen-bond acceptors (Lipinski definition) is 6. The molecule has 1 amide bonds. The Hall–Kier alpha value is -4.66. The average Bonchev–Trinajstić information content (AvgIpc) is 2.85. The highest BCUT2D eigenvalue weighted by molar-refractivity contribution is 6.03. The molecule has 1 aromatic heterocycles. The highest BCUT2D eigenvalue weighted by Crippen LogP contribution is 2.37. The van der Waals surface area contributed by atoms with Crippen molar-refractivity contribution in [1.82, 2.24) is 10.3 Å². The molecule has 0 aliphatic heterocycles. The highest BCUT2D eigenvalue weighted by atomic mass is 19.1. The molecule has 0 aliphatic rings. The van der Waals surface area contributed by atoms with E-state index in [1.165, 1.54) is 26.4 Å². The van der Waals surface area contributed by atoms with E-state index in [0.29, 0.717) is 28.2 Å². The van der Waals surface area contributed by atoms with E-state index in [9.17, 15) is 9.18 Å². The molecule has 178 valence electrons. The van der Waals surface area contributed by atoms with E-state index in [-0.39, 0.29) is 29.7 Å². The largest absolute Gasteiger partial charge is 0.493 e. The molecule has 0 fully saturated rings. The Kier molecular flexibility index (Phi) is 7.06. The van der Waals surface area contributed by atoms with Crippen molar-refractivity contribution in [1.29, 1.82) is 5.41 Å². The summed E-state index contributed by atoms with van der Waals surface area (Å²) in [6.07, 6.45) is 1.68. The zero-order valence-corrected chi connectivity index (χ0v) is 19.1. The normalized spacial score (nSPS) is 10.5. The summed E-state index contributed by atoms with van der Waals surface area (Å²) in [6.45, 7) is 0. The quantitative estimate of drug-likeness (QED) is 0.260. The molecule has 0 saturated heterocycles. The van der Waals surface area contributed by atoms with Gasteiger partial charge in [0.25, 0.3) is 0 Å². The van der Waals surface area contributed by atoms with Gasteiger partial charge in [-0.15, -0.1) is 0 Å². The first kappa shape index (κ1) is 23.5. The topological polar surface area (TPSA) is 106 Å². The van der Waals surface area contributed by atoms with Crippen LogP contribution in [-0.2, 0) is 11.2 Å². The van der Waals surface area contributed by atoms with E-state index in [0.717, 1.165) is 5.56 Å². The number of benzene rings is 3. The van der Waals surface area contributed by atoms with Crippen LogP contribution in [0.15, 0.2) is 72.9 Å². The first-order valence-corrected chi connectivity index (χ1v) is 10.6. The number of carbonyl (C=O) groups is 1. The van der Waals surface area contributed by atoms with E-state index in [4.69, 9.17) is 19.6 Å². The number of anilines is 1. The third-order valence-electron chi connectivity index (χ3n) is 5.10. The molecule has 9 heteroatoms. The van der Waals surface area contributed by atoms with Crippen LogP contribution >= 0.6 is 0 Å². The number of ether oxygens (including phenoxy) is 3. The van der Waals surface area contributed by atoms with Gasteiger partial charge in [-0.05, 0) is 29.8 Å². The van der Waals surface area contributed by atoms with Crippen LogP contribution in [0.3, 0.4) is 0 Å². The average molecular weight is 474 g/mol. The van der Waals surface area contributed by atoms with Gasteiger partial charge < -0.3 is 19.5 Å². The molecule has 35 heavy (non-hydrogen) atoms. The number of halogens is 1. The van der Waals surface area contributed by atoms with E-state index < -0.39 is 5.82 Å². The molecule has 4 aromatic rings. The number of carbonyl (C=O) groups excluding carboxylic acids is 1. The predicted molar refractivity (Wildman–Crippen MR) is 131 cm³/mol. The molecule has 1 heterocycles. The maximum atomic E-state index is 14.8. The fourth-order valence-electron chi connectivity index (χ4n) is 3.46. The fourth-order valence-corrected chi connectivity index (χ4v) is 3.46. The Balaban J connectivity index is 1.45. The number of pyridine rings is 1. The Morgan fingerprint density at radius 3 is 2.40 bits per heavy atom. The summed E-state index contributed by atoms with van der Waals surface area (Å²) < 4.78 is 31.3. The van der Waals surface area contributed by atoms with E-state index in [1.807, 2.05) is 30.3 Å². The number of hydrogen-bond donors (Lipinski definition) is 3. The highest BCUT2D eigenvalue weighted by Gasteiger charge is 2.14. The van der Waals surface area contributed by atoms with Gasteiger partial charge in [0, 0.05) is 29.4 Å². The van der Waals surface area contributed by atoms with Crippen molar-refractivity contribution < 1.29 is 23.4 Å². The molecule has 0 radical (unpaired) electrons. The van der Waals surface area contributed by atoms with Crippen molar-refractivity contribution in [3.63, 3.8) is 0 Å². The second-order valence-corrected chi connectivity index (χ2v) is 7.49. The third-order valence-corrected chi connectivity index (χ3v) is 5.10. The Morgan fingerprint density at radius 2 is 1.69 bits per heavy atom. The smallest absolute Gasteiger partial charge is 0.231 e. The molecule has 8 nitrogen and oxygen atoms in total. The van der Waals surface area contributed by atoms with Crippen LogP contribution in [0.25, 0.3) is 10.9 Å². The minimum atomic E-state index is -0.649. The number of guanidine groups is 1. The van der Waals surface area contributed by atoms with Gasteiger partial charge in [0.15, 0.2) is 29.0 Å². The number of rotatable bonds is 7. The SMILES string of the molecule is COc1cc2nccc(Oc3ccc(NC(=N)NC(=O)Cc4ccccc4)cc3F)c2cc1OC. The Morgan fingerprint density at radius 1 is 0.943 bits per heavy atom. The molecular formula is C26H23FN4O4. The molecule has 0 bridgehead atoms. The van der Waals surface area contributed by atoms with Gasteiger partial charge in [-0.3, -0.25) is 20.5 Å². The van der Waals surface area contributed by atoms with Gasteiger partial charge in [0.2, 0.25) is 5.91 Å². The van der Waals surface area contributed by atoms with Crippen molar-refractivity contribution in [2.45, 2.75) is 6.42 Å². The predicted octanol–water partition coefficient (Wildman–Crippen LogP) is 4.89. The molecule has 0 spiro atoms. The van der Waals surface area contributed by atoms with Crippen LogP contribution in [0.1, 0.15) is 5.56 Å². The molecule has 0 saturated carbocycles. The summed E-state index contributed by atoms with van der Waals surface area (Å²) in [5.41, 5.74) is 1.70. The van der Waals surface area contributed by atoms with Gasteiger partial charge >= 0.3 is 0 Å². The molecule has 4 rings (SSSR count). The lowest BCUT2D eigenvalue weighted by Crippen LogP contribution is -2.36. The molecule has 3 aromatic carbocycles. The zero-order valence-electron chi connectivity index (χ0n) is 19.1. The van der Waals surface area contributed by atoms with Crippen molar-refractivity contribution in [2.24, 2.45) is 0 Å².